The molecule has 1 atom stereocenters. The first-order chi connectivity index (χ1) is 8.93. The fraction of sp³-hybridized carbons (Fsp3) is 0.182. The van der Waals surface area contributed by atoms with E-state index in [9.17, 15) is 23.9 Å². The smallest absolute Gasteiger partial charge is 0.321 e. The van der Waals surface area contributed by atoms with Gasteiger partial charge in [-0.15, -0.1) is 0 Å². The molecule has 1 heterocycles. The number of carbonyl (C=O) groups is 3. The number of aliphatic hydroxyl groups is 1. The Kier molecular flexibility index (Phi) is 3.17. The number of halogens is 1. The van der Waals surface area contributed by atoms with Gasteiger partial charge in [-0.25, -0.2) is 9.18 Å². The van der Waals surface area contributed by atoms with Gasteiger partial charge in [-0.3, -0.25) is 14.9 Å². The zero-order valence-corrected chi connectivity index (χ0v) is 9.57. The summed E-state index contributed by atoms with van der Waals surface area (Å²) >= 11 is 0. The van der Waals surface area contributed by atoms with Crippen LogP contribution >= 0.6 is 0 Å². The summed E-state index contributed by atoms with van der Waals surface area (Å²) in [4.78, 5) is 34.1. The van der Waals surface area contributed by atoms with Gasteiger partial charge in [-0.05, 0) is 12.1 Å². The topological polar surface area (TPSA) is 108 Å². The quantitative estimate of drug-likeness (QED) is 0.533. The maximum Gasteiger partial charge on any atom is 0.321 e. The lowest BCUT2D eigenvalue weighted by molar-refractivity contribution is -0.150. The second-order valence-corrected chi connectivity index (χ2v) is 3.93. The monoisotopic (exact) mass is 267 g/mol. The predicted octanol–water partition coefficient (Wildman–Crippen LogP) is -0.665. The van der Waals surface area contributed by atoms with Crippen LogP contribution in [-0.2, 0) is 9.59 Å². The van der Waals surface area contributed by atoms with E-state index in [0.29, 0.717) is 0 Å². The molecule has 1 aliphatic rings. The van der Waals surface area contributed by atoms with Crippen LogP contribution in [0, 0.1) is 5.82 Å². The zero-order valence-electron chi connectivity index (χ0n) is 9.57. The fourth-order valence-electron chi connectivity index (χ4n) is 1.51. The fourth-order valence-corrected chi connectivity index (χ4v) is 1.51. The Labute approximate surface area is 106 Å². The highest BCUT2D eigenvalue weighted by Crippen LogP contribution is 2.16. The molecule has 0 aliphatic carbocycles. The molecule has 7 nitrogen and oxygen atoms in total. The van der Waals surface area contributed by atoms with Crippen molar-refractivity contribution in [1.82, 2.24) is 10.6 Å². The van der Waals surface area contributed by atoms with Crippen molar-refractivity contribution in [2.45, 2.75) is 5.60 Å². The molecule has 2 rings (SSSR count). The highest BCUT2D eigenvalue weighted by molar-refractivity contribution is 6.18. The number of rotatable bonds is 2. The molecule has 0 spiro atoms. The molecule has 100 valence electrons. The van der Waals surface area contributed by atoms with Gasteiger partial charge in [0.05, 0.1) is 12.2 Å². The molecular formula is C11H10FN3O4. The maximum absolute atomic E-state index is 13.3. The van der Waals surface area contributed by atoms with Crippen molar-refractivity contribution in [2.75, 3.05) is 11.9 Å². The second-order valence-electron chi connectivity index (χ2n) is 3.93. The SMILES string of the molecule is O=C1NCC(O)(C(=O)Nc2ccccc2F)C(=O)N1. The van der Waals surface area contributed by atoms with Crippen LogP contribution in [0.3, 0.4) is 0 Å². The van der Waals surface area contributed by atoms with Gasteiger partial charge in [0.15, 0.2) is 0 Å². The molecule has 1 saturated heterocycles. The molecule has 0 bridgehead atoms. The van der Waals surface area contributed by atoms with E-state index in [4.69, 9.17) is 0 Å². The first kappa shape index (κ1) is 13.0. The number of urea groups is 1. The molecule has 1 aliphatic heterocycles. The second kappa shape index (κ2) is 4.65. The van der Waals surface area contributed by atoms with Crippen molar-refractivity contribution in [3.8, 4) is 0 Å². The molecular weight excluding hydrogens is 257 g/mol. The number of para-hydroxylation sites is 1. The standard InChI is InChI=1S/C11H10FN3O4/c12-6-3-1-2-4-7(6)14-8(16)11(19)5-13-10(18)15-9(11)17/h1-4,19H,5H2,(H,14,16)(H2,13,15,17,18). The molecule has 0 aromatic heterocycles. The summed E-state index contributed by atoms with van der Waals surface area (Å²) in [7, 11) is 0. The third kappa shape index (κ3) is 2.38. The molecule has 19 heavy (non-hydrogen) atoms. The summed E-state index contributed by atoms with van der Waals surface area (Å²) in [5.74, 6) is -3.00. The minimum absolute atomic E-state index is 0.175. The van der Waals surface area contributed by atoms with E-state index in [0.717, 1.165) is 6.07 Å². The molecule has 4 N–H and O–H groups in total. The number of hydrogen-bond acceptors (Lipinski definition) is 4. The first-order valence-electron chi connectivity index (χ1n) is 5.31. The molecule has 0 radical (unpaired) electrons. The summed E-state index contributed by atoms with van der Waals surface area (Å²) in [5.41, 5.74) is -2.65. The number of benzene rings is 1. The number of nitrogens with one attached hydrogen (secondary N) is 3. The minimum atomic E-state index is -2.48. The van der Waals surface area contributed by atoms with Gasteiger partial charge in [-0.1, -0.05) is 12.1 Å². The molecule has 1 aromatic rings. The summed E-state index contributed by atoms with van der Waals surface area (Å²) in [6, 6.07) is 4.48. The Hall–Kier alpha value is -2.48. The van der Waals surface area contributed by atoms with E-state index in [1.165, 1.54) is 18.2 Å². The Bertz CT molecular complexity index is 563. The minimum Gasteiger partial charge on any atom is -0.370 e. The average Bonchev–Trinajstić information content (AvgIpc) is 2.37. The largest absolute Gasteiger partial charge is 0.370 e. The van der Waals surface area contributed by atoms with Crippen molar-refractivity contribution in [3.05, 3.63) is 30.1 Å². The van der Waals surface area contributed by atoms with E-state index in [1.54, 1.807) is 5.32 Å². The van der Waals surface area contributed by atoms with Crippen molar-refractivity contribution < 1.29 is 23.9 Å². The summed E-state index contributed by atoms with van der Waals surface area (Å²) < 4.78 is 13.3. The number of hydrogen-bond donors (Lipinski definition) is 4. The Morgan fingerprint density at radius 3 is 2.68 bits per heavy atom. The predicted molar refractivity (Wildman–Crippen MR) is 61.5 cm³/mol. The van der Waals surface area contributed by atoms with Gasteiger partial charge in [-0.2, -0.15) is 0 Å². The number of imide groups is 1. The average molecular weight is 267 g/mol. The van der Waals surface area contributed by atoms with Crippen LogP contribution in [0.2, 0.25) is 0 Å². The Morgan fingerprint density at radius 2 is 2.05 bits per heavy atom. The summed E-state index contributed by atoms with van der Waals surface area (Å²) in [6.07, 6.45) is 0. The van der Waals surface area contributed by atoms with E-state index in [1.807, 2.05) is 0 Å². The molecule has 1 aromatic carbocycles. The van der Waals surface area contributed by atoms with Gasteiger partial charge in [0, 0.05) is 0 Å². The first-order valence-corrected chi connectivity index (χ1v) is 5.31. The maximum atomic E-state index is 13.3. The number of anilines is 1. The van der Waals surface area contributed by atoms with Crippen molar-refractivity contribution in [3.63, 3.8) is 0 Å². The molecule has 0 saturated carbocycles. The van der Waals surface area contributed by atoms with Crippen LogP contribution in [0.4, 0.5) is 14.9 Å². The highest BCUT2D eigenvalue weighted by Gasteiger charge is 2.48. The van der Waals surface area contributed by atoms with Crippen LogP contribution in [0.5, 0.6) is 0 Å². The van der Waals surface area contributed by atoms with Crippen LogP contribution in [0.15, 0.2) is 24.3 Å². The van der Waals surface area contributed by atoms with E-state index in [-0.39, 0.29) is 5.69 Å². The molecule has 1 fully saturated rings. The Morgan fingerprint density at radius 1 is 1.37 bits per heavy atom. The normalized spacial score (nSPS) is 22.4. The lowest BCUT2D eigenvalue weighted by Crippen LogP contribution is -2.67. The van der Waals surface area contributed by atoms with Crippen molar-refractivity contribution >= 4 is 23.5 Å². The lowest BCUT2D eigenvalue weighted by Gasteiger charge is -2.29. The van der Waals surface area contributed by atoms with Crippen LogP contribution in [0.25, 0.3) is 0 Å². The molecule has 1 unspecified atom stereocenters. The van der Waals surface area contributed by atoms with E-state index < -0.39 is 35.8 Å². The summed E-state index contributed by atoms with van der Waals surface area (Å²) in [5, 5.41) is 15.9. The zero-order chi connectivity index (χ0) is 14.0. The third-order valence-corrected chi connectivity index (χ3v) is 2.61. The number of amides is 4. The van der Waals surface area contributed by atoms with E-state index in [2.05, 4.69) is 10.6 Å². The number of carbonyl (C=O) groups excluding carboxylic acids is 3. The Balaban J connectivity index is 2.18. The number of β-amino-alcohol motifs (C(OH)–C–C–N with tert-alkyl or cyclic N) is 1. The lowest BCUT2D eigenvalue weighted by atomic mass is 10.00. The van der Waals surface area contributed by atoms with Crippen LogP contribution < -0.4 is 16.0 Å². The van der Waals surface area contributed by atoms with E-state index >= 15 is 0 Å². The van der Waals surface area contributed by atoms with Gasteiger partial charge >= 0.3 is 6.03 Å². The van der Waals surface area contributed by atoms with Gasteiger partial charge in [0.25, 0.3) is 11.8 Å². The van der Waals surface area contributed by atoms with Gasteiger partial charge in [0.2, 0.25) is 5.60 Å². The van der Waals surface area contributed by atoms with Crippen molar-refractivity contribution in [1.29, 1.82) is 0 Å². The molecule has 8 heteroatoms. The third-order valence-electron chi connectivity index (χ3n) is 2.61. The van der Waals surface area contributed by atoms with Crippen molar-refractivity contribution in [2.24, 2.45) is 0 Å². The highest BCUT2D eigenvalue weighted by atomic mass is 19.1. The van der Waals surface area contributed by atoms with Gasteiger partial charge < -0.3 is 15.7 Å². The molecule has 4 amide bonds. The van der Waals surface area contributed by atoms with Gasteiger partial charge in [0.1, 0.15) is 5.82 Å². The summed E-state index contributed by atoms with van der Waals surface area (Å²) in [6.45, 7) is -0.585. The van der Waals surface area contributed by atoms with Crippen LogP contribution in [-0.4, -0.2) is 35.1 Å². The van der Waals surface area contributed by atoms with Crippen LogP contribution in [0.1, 0.15) is 0 Å².